The number of carbonyl (C=O) groups is 5. The average molecular weight is 428 g/mol. The molecular formula is C18H32N6O6. The molecule has 170 valence electrons. The molecule has 12 heteroatoms. The zero-order valence-electron chi connectivity index (χ0n) is 17.0. The van der Waals surface area contributed by atoms with Crippen LogP contribution in [0.25, 0.3) is 0 Å². The van der Waals surface area contributed by atoms with E-state index < -0.39 is 47.7 Å². The second-order valence-electron chi connectivity index (χ2n) is 7.26. The summed E-state index contributed by atoms with van der Waals surface area (Å²) in [6.45, 7) is 0.403. The molecule has 3 unspecified atom stereocenters. The summed E-state index contributed by atoms with van der Waals surface area (Å²) in [7, 11) is 0. The second kappa shape index (κ2) is 12.8. The molecule has 0 aromatic rings. The molecule has 4 amide bonds. The molecule has 0 radical (unpaired) electrons. The van der Waals surface area contributed by atoms with E-state index in [4.69, 9.17) is 17.2 Å². The Morgan fingerprint density at radius 1 is 1.13 bits per heavy atom. The molecule has 12 nitrogen and oxygen atoms in total. The minimum absolute atomic E-state index is 0.0487. The van der Waals surface area contributed by atoms with Crippen LogP contribution in [0.2, 0.25) is 0 Å². The van der Waals surface area contributed by atoms with Crippen molar-refractivity contribution < 1.29 is 29.1 Å². The smallest absolute Gasteiger partial charge is 0.326 e. The van der Waals surface area contributed by atoms with Crippen molar-refractivity contribution >= 4 is 29.6 Å². The van der Waals surface area contributed by atoms with Crippen LogP contribution < -0.4 is 27.8 Å². The van der Waals surface area contributed by atoms with Crippen LogP contribution in [0, 0.1) is 0 Å². The van der Waals surface area contributed by atoms with E-state index in [1.54, 1.807) is 0 Å². The van der Waals surface area contributed by atoms with Crippen molar-refractivity contribution in [1.82, 2.24) is 15.5 Å². The summed E-state index contributed by atoms with van der Waals surface area (Å²) in [4.78, 5) is 60.4. The molecule has 1 heterocycles. The Kier molecular flexibility index (Phi) is 10.8. The molecule has 0 aliphatic carbocycles. The molecule has 0 aromatic heterocycles. The molecule has 1 saturated heterocycles. The predicted molar refractivity (Wildman–Crippen MR) is 107 cm³/mol. The average Bonchev–Trinajstić information content (AvgIpc) is 3.19. The third-order valence-corrected chi connectivity index (χ3v) is 4.89. The summed E-state index contributed by atoms with van der Waals surface area (Å²) in [6.07, 6.45) is 2.45. The first-order valence-corrected chi connectivity index (χ1v) is 10.0. The Labute approximate surface area is 174 Å². The number of aliphatic carboxylic acids is 1. The first-order chi connectivity index (χ1) is 14.2. The standard InChI is InChI=1S/C18H32N6O6/c19-8-2-1-4-12(18(29)30)23-17(28)13-5-3-9-24(13)15(26)10-22-16(27)11(20)6-7-14(21)25/h11-13H,1-10,19-20H2,(H2,21,25)(H,22,27)(H,23,28)(H,29,30). The van der Waals surface area contributed by atoms with Crippen LogP contribution in [0.1, 0.15) is 44.9 Å². The molecule has 1 rings (SSSR count). The lowest BCUT2D eigenvalue weighted by Crippen LogP contribution is -2.53. The van der Waals surface area contributed by atoms with Crippen molar-refractivity contribution in [1.29, 1.82) is 0 Å². The van der Waals surface area contributed by atoms with Crippen LogP contribution in [0.15, 0.2) is 0 Å². The van der Waals surface area contributed by atoms with E-state index in [1.807, 2.05) is 0 Å². The van der Waals surface area contributed by atoms with Crippen molar-refractivity contribution in [2.24, 2.45) is 17.2 Å². The van der Waals surface area contributed by atoms with Crippen LogP contribution in [0.3, 0.4) is 0 Å². The Bertz CT molecular complexity index is 643. The molecule has 0 saturated carbocycles. The van der Waals surface area contributed by atoms with Crippen LogP contribution >= 0.6 is 0 Å². The van der Waals surface area contributed by atoms with E-state index in [9.17, 15) is 29.1 Å². The molecule has 3 atom stereocenters. The third kappa shape index (κ3) is 8.33. The minimum atomic E-state index is -1.14. The Hall–Kier alpha value is -2.73. The number of hydrogen-bond donors (Lipinski definition) is 6. The number of unbranched alkanes of at least 4 members (excludes halogenated alkanes) is 1. The molecule has 0 spiro atoms. The van der Waals surface area contributed by atoms with E-state index in [1.165, 1.54) is 4.90 Å². The second-order valence-corrected chi connectivity index (χ2v) is 7.26. The molecule has 1 aliphatic heterocycles. The fraction of sp³-hybridized carbons (Fsp3) is 0.722. The Morgan fingerprint density at radius 3 is 2.43 bits per heavy atom. The van der Waals surface area contributed by atoms with Gasteiger partial charge in [-0.25, -0.2) is 4.79 Å². The number of primary amides is 1. The highest BCUT2D eigenvalue weighted by atomic mass is 16.4. The summed E-state index contributed by atoms with van der Waals surface area (Å²) in [6, 6.07) is -2.83. The van der Waals surface area contributed by atoms with Gasteiger partial charge in [-0.2, -0.15) is 0 Å². The van der Waals surface area contributed by atoms with Gasteiger partial charge >= 0.3 is 5.97 Å². The van der Waals surface area contributed by atoms with Crippen LogP contribution in [-0.2, 0) is 24.0 Å². The van der Waals surface area contributed by atoms with Gasteiger partial charge in [0.15, 0.2) is 0 Å². The number of hydrogen-bond acceptors (Lipinski definition) is 7. The zero-order chi connectivity index (χ0) is 22.7. The topological polar surface area (TPSA) is 211 Å². The Morgan fingerprint density at radius 2 is 1.83 bits per heavy atom. The summed E-state index contributed by atoms with van der Waals surface area (Å²) in [5.74, 6) is -3.34. The number of carboxylic acids is 1. The van der Waals surface area contributed by atoms with Gasteiger partial charge in [0.2, 0.25) is 23.6 Å². The number of carbonyl (C=O) groups excluding carboxylic acids is 4. The van der Waals surface area contributed by atoms with Gasteiger partial charge in [0, 0.05) is 13.0 Å². The van der Waals surface area contributed by atoms with E-state index in [2.05, 4.69) is 10.6 Å². The van der Waals surface area contributed by atoms with Crippen molar-refractivity contribution in [3.05, 3.63) is 0 Å². The monoisotopic (exact) mass is 428 g/mol. The van der Waals surface area contributed by atoms with Gasteiger partial charge < -0.3 is 37.8 Å². The SMILES string of the molecule is NCCCCC(NC(=O)C1CCCN1C(=O)CNC(=O)C(N)CCC(N)=O)C(=O)O. The van der Waals surface area contributed by atoms with Gasteiger partial charge in [0.05, 0.1) is 12.6 Å². The fourth-order valence-corrected chi connectivity index (χ4v) is 3.18. The summed E-state index contributed by atoms with van der Waals surface area (Å²) in [5.41, 5.74) is 16.1. The lowest BCUT2D eigenvalue weighted by molar-refractivity contribution is -0.144. The number of amides is 4. The van der Waals surface area contributed by atoms with Gasteiger partial charge in [-0.15, -0.1) is 0 Å². The normalized spacial score (nSPS) is 17.8. The summed E-state index contributed by atoms with van der Waals surface area (Å²) >= 11 is 0. The largest absolute Gasteiger partial charge is 0.480 e. The number of nitrogens with zero attached hydrogens (tertiary/aromatic N) is 1. The molecular weight excluding hydrogens is 396 g/mol. The zero-order valence-corrected chi connectivity index (χ0v) is 17.0. The summed E-state index contributed by atoms with van der Waals surface area (Å²) in [5, 5.41) is 14.2. The molecule has 0 aromatic carbocycles. The maximum Gasteiger partial charge on any atom is 0.326 e. The van der Waals surface area contributed by atoms with Gasteiger partial charge in [-0.1, -0.05) is 0 Å². The Balaban J connectivity index is 2.57. The van der Waals surface area contributed by atoms with Crippen molar-refractivity contribution in [2.75, 3.05) is 19.6 Å². The third-order valence-electron chi connectivity index (χ3n) is 4.89. The molecule has 1 fully saturated rings. The van der Waals surface area contributed by atoms with Crippen LogP contribution in [-0.4, -0.2) is 77.4 Å². The lowest BCUT2D eigenvalue weighted by Gasteiger charge is -2.26. The van der Waals surface area contributed by atoms with Crippen LogP contribution in [0.4, 0.5) is 0 Å². The highest BCUT2D eigenvalue weighted by molar-refractivity contribution is 5.93. The van der Waals surface area contributed by atoms with Gasteiger partial charge in [-0.05, 0) is 45.1 Å². The first kappa shape index (κ1) is 25.3. The fourth-order valence-electron chi connectivity index (χ4n) is 3.18. The molecule has 9 N–H and O–H groups in total. The highest BCUT2D eigenvalue weighted by Crippen LogP contribution is 2.18. The number of likely N-dealkylation sites (tertiary alicyclic amines) is 1. The maximum atomic E-state index is 12.6. The van der Waals surface area contributed by atoms with Crippen LogP contribution in [0.5, 0.6) is 0 Å². The van der Waals surface area contributed by atoms with E-state index in [0.717, 1.165) is 0 Å². The quantitative estimate of drug-likeness (QED) is 0.171. The van der Waals surface area contributed by atoms with Crippen molar-refractivity contribution in [3.63, 3.8) is 0 Å². The molecule has 30 heavy (non-hydrogen) atoms. The minimum Gasteiger partial charge on any atom is -0.480 e. The predicted octanol–water partition coefficient (Wildman–Crippen LogP) is -2.62. The highest BCUT2D eigenvalue weighted by Gasteiger charge is 2.35. The molecule has 0 bridgehead atoms. The number of nitrogens with two attached hydrogens (primary N) is 3. The van der Waals surface area contributed by atoms with Crippen molar-refractivity contribution in [2.45, 2.75) is 63.1 Å². The molecule has 1 aliphatic rings. The van der Waals surface area contributed by atoms with Gasteiger partial charge in [0.25, 0.3) is 0 Å². The first-order valence-electron chi connectivity index (χ1n) is 10.0. The van der Waals surface area contributed by atoms with Gasteiger partial charge in [-0.3, -0.25) is 19.2 Å². The van der Waals surface area contributed by atoms with Gasteiger partial charge in [0.1, 0.15) is 12.1 Å². The van der Waals surface area contributed by atoms with E-state index in [0.29, 0.717) is 38.8 Å². The number of nitrogens with one attached hydrogen (secondary N) is 2. The maximum absolute atomic E-state index is 12.6. The van der Waals surface area contributed by atoms with E-state index >= 15 is 0 Å². The number of carboxylic acid groups (broad SMARTS) is 1. The summed E-state index contributed by atoms with van der Waals surface area (Å²) < 4.78 is 0. The van der Waals surface area contributed by atoms with Crippen molar-refractivity contribution in [3.8, 4) is 0 Å². The van der Waals surface area contributed by atoms with E-state index in [-0.39, 0.29) is 25.8 Å². The number of rotatable bonds is 13. The lowest BCUT2D eigenvalue weighted by atomic mass is 10.1.